The molecular weight excluding hydrogens is 308 g/mol. The molecule has 1 aliphatic rings. The van der Waals surface area contributed by atoms with Crippen molar-refractivity contribution >= 4 is 5.71 Å². The molecule has 3 rings (SSSR count). The Labute approximate surface area is 149 Å². The third-order valence-corrected chi connectivity index (χ3v) is 5.27. The van der Waals surface area contributed by atoms with Gasteiger partial charge in [-0.1, -0.05) is 72.7 Å². The summed E-state index contributed by atoms with van der Waals surface area (Å²) in [4.78, 5) is 5.47. The average Bonchev–Trinajstić information content (AvgIpc) is 2.67. The molecule has 0 N–H and O–H groups in total. The maximum absolute atomic E-state index is 9.56. The van der Waals surface area contributed by atoms with Crippen LogP contribution in [0.3, 0.4) is 0 Å². The molecule has 0 saturated heterocycles. The quantitative estimate of drug-likeness (QED) is 0.540. The van der Waals surface area contributed by atoms with Crippen LogP contribution in [-0.4, -0.2) is 5.71 Å². The monoisotopic (exact) mass is 332 g/mol. The number of hydrogen-bond acceptors (Lipinski definition) is 3. The topological polar surface area (TPSA) is 45.4 Å². The Hall–Kier alpha value is -2.60. The second kappa shape index (κ2) is 7.98. The predicted octanol–water partition coefficient (Wildman–Crippen LogP) is 5.45. The van der Waals surface area contributed by atoms with Gasteiger partial charge in [0.1, 0.15) is 12.7 Å². The second-order valence-corrected chi connectivity index (χ2v) is 7.06. The molecule has 1 saturated carbocycles. The molecule has 1 fully saturated rings. The normalized spacial score (nSPS) is 23.7. The van der Waals surface area contributed by atoms with Gasteiger partial charge < -0.3 is 4.84 Å². The van der Waals surface area contributed by atoms with Gasteiger partial charge in [0.15, 0.2) is 5.71 Å². The van der Waals surface area contributed by atoms with Gasteiger partial charge in [0.25, 0.3) is 0 Å². The van der Waals surface area contributed by atoms with Crippen molar-refractivity contribution in [2.75, 3.05) is 0 Å². The van der Waals surface area contributed by atoms with Crippen molar-refractivity contribution < 1.29 is 4.84 Å². The zero-order chi connectivity index (χ0) is 17.5. The Kier molecular flexibility index (Phi) is 5.50. The largest absolute Gasteiger partial charge is 0.390 e. The van der Waals surface area contributed by atoms with E-state index in [1.165, 1.54) is 5.56 Å². The fraction of sp³-hybridized carbons (Fsp3) is 0.364. The van der Waals surface area contributed by atoms with Crippen LogP contribution in [0.2, 0.25) is 0 Å². The van der Waals surface area contributed by atoms with Gasteiger partial charge in [-0.2, -0.15) is 5.26 Å². The molecule has 0 unspecified atom stereocenters. The van der Waals surface area contributed by atoms with Crippen LogP contribution in [-0.2, 0) is 11.4 Å². The van der Waals surface area contributed by atoms with Gasteiger partial charge in [0, 0.05) is 5.41 Å². The smallest absolute Gasteiger partial charge is 0.162 e. The summed E-state index contributed by atoms with van der Waals surface area (Å²) < 4.78 is 0. The summed E-state index contributed by atoms with van der Waals surface area (Å²) in [6, 6.07) is 22.8. The number of hydrogen-bond donors (Lipinski definition) is 0. The van der Waals surface area contributed by atoms with E-state index < -0.39 is 0 Å². The number of benzene rings is 2. The molecule has 3 heteroatoms. The summed E-state index contributed by atoms with van der Waals surface area (Å²) in [6.45, 7) is 2.54. The predicted molar refractivity (Wildman–Crippen MR) is 100 cm³/mol. The number of nitriles is 1. The van der Waals surface area contributed by atoms with Crippen LogP contribution in [0, 0.1) is 16.7 Å². The van der Waals surface area contributed by atoms with Gasteiger partial charge in [0.05, 0.1) is 0 Å². The van der Waals surface area contributed by atoms with E-state index in [0.29, 0.717) is 18.2 Å². The highest BCUT2D eigenvalue weighted by Crippen LogP contribution is 2.43. The van der Waals surface area contributed by atoms with Crippen molar-refractivity contribution in [3.05, 3.63) is 71.8 Å². The van der Waals surface area contributed by atoms with Crippen molar-refractivity contribution in [1.29, 1.82) is 5.26 Å². The summed E-state index contributed by atoms with van der Waals surface area (Å²) in [7, 11) is 0. The maximum atomic E-state index is 9.56. The zero-order valence-electron chi connectivity index (χ0n) is 14.7. The molecule has 3 nitrogen and oxygen atoms in total. The zero-order valence-corrected chi connectivity index (χ0v) is 14.7. The fourth-order valence-electron chi connectivity index (χ4n) is 3.56. The van der Waals surface area contributed by atoms with E-state index in [9.17, 15) is 5.26 Å². The molecule has 128 valence electrons. The van der Waals surface area contributed by atoms with E-state index in [2.05, 4.69) is 48.5 Å². The van der Waals surface area contributed by atoms with Gasteiger partial charge >= 0.3 is 0 Å². The Balaban J connectivity index is 1.61. The lowest BCUT2D eigenvalue weighted by atomic mass is 9.68. The van der Waals surface area contributed by atoms with E-state index in [4.69, 9.17) is 4.84 Å². The van der Waals surface area contributed by atoms with Crippen molar-refractivity contribution in [2.24, 2.45) is 10.6 Å². The molecule has 0 aromatic heterocycles. The van der Waals surface area contributed by atoms with E-state index in [1.807, 2.05) is 30.3 Å². The summed E-state index contributed by atoms with van der Waals surface area (Å²) in [5.41, 5.74) is 2.80. The molecular formula is C22H24N2O. The van der Waals surface area contributed by atoms with Crippen LogP contribution in [0.4, 0.5) is 0 Å². The molecule has 1 aliphatic carbocycles. The van der Waals surface area contributed by atoms with Gasteiger partial charge in [0.2, 0.25) is 0 Å². The average molecular weight is 332 g/mol. The molecule has 25 heavy (non-hydrogen) atoms. The lowest BCUT2D eigenvalue weighted by Crippen LogP contribution is -2.31. The van der Waals surface area contributed by atoms with Gasteiger partial charge in [-0.05, 0) is 42.7 Å². The summed E-state index contributed by atoms with van der Waals surface area (Å²) in [6.07, 6.45) is 4.10. The minimum absolute atomic E-state index is 0.184. The maximum Gasteiger partial charge on any atom is 0.162 e. The highest BCUT2D eigenvalue weighted by Gasteiger charge is 2.36. The van der Waals surface area contributed by atoms with E-state index in [0.717, 1.165) is 31.2 Å². The van der Waals surface area contributed by atoms with Gasteiger partial charge in [-0.25, -0.2) is 0 Å². The SMILES string of the molecule is CC1(/C(C#N)=N/OCc2ccccc2)CCC(c2ccccc2)CC1. The Morgan fingerprint density at radius 1 is 1.08 bits per heavy atom. The van der Waals surface area contributed by atoms with Crippen LogP contribution in [0.25, 0.3) is 0 Å². The van der Waals surface area contributed by atoms with Gasteiger partial charge in [-0.15, -0.1) is 0 Å². The molecule has 0 heterocycles. The third-order valence-electron chi connectivity index (χ3n) is 5.27. The molecule has 0 aliphatic heterocycles. The molecule has 0 spiro atoms. The third kappa shape index (κ3) is 4.28. The highest BCUT2D eigenvalue weighted by molar-refractivity contribution is 6.02. The molecule has 2 aromatic carbocycles. The summed E-state index contributed by atoms with van der Waals surface area (Å²) in [5.74, 6) is 0.583. The second-order valence-electron chi connectivity index (χ2n) is 7.06. The number of nitrogens with zero attached hydrogens (tertiary/aromatic N) is 2. The van der Waals surface area contributed by atoms with E-state index in [1.54, 1.807) is 0 Å². The van der Waals surface area contributed by atoms with Crippen LogP contribution < -0.4 is 0 Å². The Morgan fingerprint density at radius 3 is 2.28 bits per heavy atom. The first-order chi connectivity index (χ1) is 12.2. The first kappa shape index (κ1) is 17.2. The van der Waals surface area contributed by atoms with Crippen LogP contribution in [0.5, 0.6) is 0 Å². The van der Waals surface area contributed by atoms with Crippen LogP contribution in [0.1, 0.15) is 49.7 Å². The van der Waals surface area contributed by atoms with Crippen LogP contribution in [0.15, 0.2) is 65.8 Å². The lowest BCUT2D eigenvalue weighted by Gasteiger charge is -2.36. The first-order valence-electron chi connectivity index (χ1n) is 8.91. The first-order valence-corrected chi connectivity index (χ1v) is 8.91. The van der Waals surface area contributed by atoms with E-state index >= 15 is 0 Å². The summed E-state index contributed by atoms with van der Waals surface area (Å²) in [5, 5.41) is 13.7. The minimum atomic E-state index is -0.184. The van der Waals surface area contributed by atoms with E-state index in [-0.39, 0.29) is 5.41 Å². The summed E-state index contributed by atoms with van der Waals surface area (Å²) >= 11 is 0. The number of oxime groups is 1. The molecule has 0 atom stereocenters. The number of rotatable bonds is 5. The Morgan fingerprint density at radius 2 is 1.68 bits per heavy atom. The molecule has 0 bridgehead atoms. The van der Waals surface area contributed by atoms with Crippen LogP contribution >= 0.6 is 0 Å². The Bertz CT molecular complexity index is 739. The van der Waals surface area contributed by atoms with Crippen molar-refractivity contribution in [3.63, 3.8) is 0 Å². The van der Waals surface area contributed by atoms with Crippen molar-refractivity contribution in [3.8, 4) is 6.07 Å². The highest BCUT2D eigenvalue weighted by atomic mass is 16.6. The standard InChI is InChI=1S/C22H24N2O/c1-22(14-12-20(13-15-22)19-10-6-3-7-11-19)21(16-23)24-25-17-18-8-4-2-5-9-18/h2-11,20H,12-15,17H2,1H3/b24-21+. The van der Waals surface area contributed by atoms with Crippen molar-refractivity contribution in [2.45, 2.75) is 45.1 Å². The molecule has 0 radical (unpaired) electrons. The lowest BCUT2D eigenvalue weighted by molar-refractivity contribution is 0.125. The molecule has 2 aromatic rings. The van der Waals surface area contributed by atoms with Crippen molar-refractivity contribution in [1.82, 2.24) is 0 Å². The minimum Gasteiger partial charge on any atom is -0.390 e. The fourth-order valence-corrected chi connectivity index (χ4v) is 3.56. The molecule has 0 amide bonds. The van der Waals surface area contributed by atoms with Gasteiger partial charge in [-0.3, -0.25) is 0 Å².